The molecule has 0 radical (unpaired) electrons. The van der Waals surface area contributed by atoms with E-state index in [-0.39, 0.29) is 5.91 Å². The maximum Gasteiger partial charge on any atom is 0.276 e. The molecule has 0 spiro atoms. The molecule has 0 fully saturated rings. The van der Waals surface area contributed by atoms with Gasteiger partial charge in [0.2, 0.25) is 11.8 Å². The van der Waals surface area contributed by atoms with E-state index in [9.17, 15) is 4.79 Å². The molecule has 1 N–H and O–H groups in total. The van der Waals surface area contributed by atoms with E-state index in [0.29, 0.717) is 36.3 Å². The summed E-state index contributed by atoms with van der Waals surface area (Å²) < 4.78 is 5.62. The minimum absolute atomic E-state index is 0.0393. The third-order valence-corrected chi connectivity index (χ3v) is 4.60. The first-order valence-corrected chi connectivity index (χ1v) is 9.58. The molecule has 0 aliphatic carbocycles. The Morgan fingerprint density at radius 3 is 2.38 bits per heavy atom. The molecule has 0 bridgehead atoms. The number of carbonyl (C=O) groups excluding carboxylic acids is 1. The lowest BCUT2D eigenvalue weighted by Gasteiger charge is -2.04. The standard InChI is InChI=1S/C20H21N3O2S/c24-18(21-13-11-16-7-3-1-4-8-16)12-14-26-20-23-22-19(25-20)15-17-9-5-2-6-10-17/h1-10H,11-15H2,(H,21,24). The predicted molar refractivity (Wildman–Crippen MR) is 102 cm³/mol. The summed E-state index contributed by atoms with van der Waals surface area (Å²) in [5, 5.41) is 11.5. The molecule has 0 aliphatic rings. The fraction of sp³-hybridized carbons (Fsp3) is 0.250. The van der Waals surface area contributed by atoms with Crippen LogP contribution in [0.25, 0.3) is 0 Å². The van der Waals surface area contributed by atoms with E-state index < -0.39 is 0 Å². The Kier molecular flexibility index (Phi) is 6.84. The summed E-state index contributed by atoms with van der Waals surface area (Å²) in [4.78, 5) is 11.9. The van der Waals surface area contributed by atoms with Crippen molar-refractivity contribution in [2.45, 2.75) is 24.5 Å². The van der Waals surface area contributed by atoms with Gasteiger partial charge in [-0.2, -0.15) is 0 Å². The van der Waals surface area contributed by atoms with Crippen LogP contribution >= 0.6 is 11.8 Å². The normalized spacial score (nSPS) is 10.6. The van der Waals surface area contributed by atoms with E-state index in [1.165, 1.54) is 17.3 Å². The summed E-state index contributed by atoms with van der Waals surface area (Å²) >= 11 is 1.41. The summed E-state index contributed by atoms with van der Waals surface area (Å²) in [5.74, 6) is 1.24. The van der Waals surface area contributed by atoms with Crippen molar-refractivity contribution < 1.29 is 9.21 Å². The highest BCUT2D eigenvalue weighted by Gasteiger charge is 2.09. The molecule has 0 saturated carbocycles. The van der Waals surface area contributed by atoms with E-state index in [2.05, 4.69) is 27.6 Å². The number of nitrogens with zero attached hydrogens (tertiary/aromatic N) is 2. The predicted octanol–water partition coefficient (Wildman–Crippen LogP) is 3.50. The van der Waals surface area contributed by atoms with Crippen LogP contribution in [-0.2, 0) is 17.6 Å². The number of carbonyl (C=O) groups is 1. The fourth-order valence-corrected chi connectivity index (χ4v) is 3.16. The van der Waals surface area contributed by atoms with Gasteiger partial charge in [0.1, 0.15) is 0 Å². The highest BCUT2D eigenvalue weighted by Crippen LogP contribution is 2.18. The number of rotatable bonds is 9. The summed E-state index contributed by atoms with van der Waals surface area (Å²) in [6.45, 7) is 0.648. The molecular weight excluding hydrogens is 346 g/mol. The van der Waals surface area contributed by atoms with Crippen molar-refractivity contribution >= 4 is 17.7 Å². The van der Waals surface area contributed by atoms with Gasteiger partial charge in [-0.25, -0.2) is 0 Å². The second-order valence-electron chi connectivity index (χ2n) is 5.81. The largest absolute Gasteiger partial charge is 0.416 e. The quantitative estimate of drug-likeness (QED) is 0.586. The van der Waals surface area contributed by atoms with Gasteiger partial charge in [0.25, 0.3) is 5.22 Å². The zero-order chi connectivity index (χ0) is 18.0. The van der Waals surface area contributed by atoms with Crippen LogP contribution in [0.4, 0.5) is 0 Å². The molecule has 3 aromatic rings. The molecule has 2 aromatic carbocycles. The fourth-order valence-electron chi connectivity index (χ4n) is 2.45. The van der Waals surface area contributed by atoms with Crippen molar-refractivity contribution in [1.82, 2.24) is 15.5 Å². The lowest BCUT2D eigenvalue weighted by atomic mass is 10.1. The Balaban J connectivity index is 1.33. The smallest absolute Gasteiger partial charge is 0.276 e. The van der Waals surface area contributed by atoms with E-state index in [1.54, 1.807) is 0 Å². The summed E-state index contributed by atoms with van der Waals surface area (Å²) in [6.07, 6.45) is 1.89. The molecule has 6 heteroatoms. The topological polar surface area (TPSA) is 68.0 Å². The first-order chi connectivity index (χ1) is 12.8. The van der Waals surface area contributed by atoms with E-state index in [4.69, 9.17) is 4.42 Å². The van der Waals surface area contributed by atoms with Crippen LogP contribution in [0.5, 0.6) is 0 Å². The lowest BCUT2D eigenvalue weighted by molar-refractivity contribution is -0.120. The molecular formula is C20H21N3O2S. The average Bonchev–Trinajstić information content (AvgIpc) is 3.11. The maximum absolute atomic E-state index is 11.9. The zero-order valence-corrected chi connectivity index (χ0v) is 15.2. The van der Waals surface area contributed by atoms with E-state index in [0.717, 1.165) is 12.0 Å². The number of thioether (sulfide) groups is 1. The monoisotopic (exact) mass is 367 g/mol. The highest BCUT2D eigenvalue weighted by atomic mass is 32.2. The molecule has 0 atom stereocenters. The van der Waals surface area contributed by atoms with Gasteiger partial charge < -0.3 is 9.73 Å². The van der Waals surface area contributed by atoms with Crippen molar-refractivity contribution in [3.05, 3.63) is 77.7 Å². The van der Waals surface area contributed by atoms with Gasteiger partial charge in [-0.05, 0) is 17.5 Å². The van der Waals surface area contributed by atoms with Crippen LogP contribution in [0, 0.1) is 0 Å². The molecule has 134 valence electrons. The first-order valence-electron chi connectivity index (χ1n) is 8.59. The van der Waals surface area contributed by atoms with Crippen LogP contribution in [-0.4, -0.2) is 28.4 Å². The number of benzene rings is 2. The summed E-state index contributed by atoms with van der Waals surface area (Å²) in [5.41, 5.74) is 2.35. The molecule has 1 amide bonds. The van der Waals surface area contributed by atoms with Crippen LogP contribution < -0.4 is 5.32 Å². The SMILES string of the molecule is O=C(CCSc1nnc(Cc2ccccc2)o1)NCCc1ccccc1. The van der Waals surface area contributed by atoms with Crippen molar-refractivity contribution in [1.29, 1.82) is 0 Å². The van der Waals surface area contributed by atoms with Gasteiger partial charge in [-0.1, -0.05) is 72.4 Å². The van der Waals surface area contributed by atoms with Gasteiger partial charge in [0, 0.05) is 18.7 Å². The summed E-state index contributed by atoms with van der Waals surface area (Å²) in [7, 11) is 0. The average molecular weight is 367 g/mol. The maximum atomic E-state index is 11.9. The third-order valence-electron chi connectivity index (χ3n) is 3.78. The molecule has 0 saturated heterocycles. The Morgan fingerprint density at radius 2 is 1.65 bits per heavy atom. The van der Waals surface area contributed by atoms with Crippen LogP contribution in [0.3, 0.4) is 0 Å². The third kappa shape index (κ3) is 6.04. The van der Waals surface area contributed by atoms with Crippen LogP contribution in [0.1, 0.15) is 23.4 Å². The van der Waals surface area contributed by atoms with Crippen LogP contribution in [0.15, 0.2) is 70.3 Å². The molecule has 1 heterocycles. The number of hydrogen-bond donors (Lipinski definition) is 1. The lowest BCUT2D eigenvalue weighted by Crippen LogP contribution is -2.25. The first kappa shape index (κ1) is 18.2. The molecule has 5 nitrogen and oxygen atoms in total. The molecule has 26 heavy (non-hydrogen) atoms. The van der Waals surface area contributed by atoms with Gasteiger partial charge in [0.05, 0.1) is 6.42 Å². The molecule has 3 rings (SSSR count). The highest BCUT2D eigenvalue weighted by molar-refractivity contribution is 7.99. The Morgan fingerprint density at radius 1 is 0.962 bits per heavy atom. The second-order valence-corrected chi connectivity index (χ2v) is 6.85. The van der Waals surface area contributed by atoms with Gasteiger partial charge in [-0.15, -0.1) is 10.2 Å². The van der Waals surface area contributed by atoms with E-state index >= 15 is 0 Å². The number of amides is 1. The zero-order valence-electron chi connectivity index (χ0n) is 14.4. The van der Waals surface area contributed by atoms with Gasteiger partial charge >= 0.3 is 0 Å². The Hall–Kier alpha value is -2.60. The Bertz CT molecular complexity index is 806. The van der Waals surface area contributed by atoms with Crippen LogP contribution in [0.2, 0.25) is 0 Å². The van der Waals surface area contributed by atoms with Crippen molar-refractivity contribution in [3.8, 4) is 0 Å². The minimum Gasteiger partial charge on any atom is -0.416 e. The number of hydrogen-bond acceptors (Lipinski definition) is 5. The van der Waals surface area contributed by atoms with Crippen molar-refractivity contribution in [2.75, 3.05) is 12.3 Å². The molecule has 0 aliphatic heterocycles. The minimum atomic E-state index is 0.0393. The Labute approximate surface area is 157 Å². The summed E-state index contributed by atoms with van der Waals surface area (Å²) in [6, 6.07) is 20.1. The van der Waals surface area contributed by atoms with Crippen molar-refractivity contribution in [2.24, 2.45) is 0 Å². The molecule has 0 unspecified atom stereocenters. The number of aromatic nitrogens is 2. The van der Waals surface area contributed by atoms with Gasteiger partial charge in [0.15, 0.2) is 0 Å². The second kappa shape index (κ2) is 9.77. The molecule has 1 aromatic heterocycles. The van der Waals surface area contributed by atoms with Crippen molar-refractivity contribution in [3.63, 3.8) is 0 Å². The number of nitrogens with one attached hydrogen (secondary N) is 1. The van der Waals surface area contributed by atoms with Gasteiger partial charge in [-0.3, -0.25) is 4.79 Å². The van der Waals surface area contributed by atoms with E-state index in [1.807, 2.05) is 48.5 Å².